The molecule has 0 saturated heterocycles. The Labute approximate surface area is 193 Å². The first-order chi connectivity index (χ1) is 16.3. The molecule has 1 amide bonds. The summed E-state index contributed by atoms with van der Waals surface area (Å²) in [6, 6.07) is 9.57. The molecule has 7 nitrogen and oxygen atoms in total. The van der Waals surface area contributed by atoms with Crippen LogP contribution in [0.25, 0.3) is 23.4 Å². The number of rotatable bonds is 6. The zero-order valence-corrected chi connectivity index (χ0v) is 18.4. The van der Waals surface area contributed by atoms with E-state index in [4.69, 9.17) is 0 Å². The van der Waals surface area contributed by atoms with E-state index in [1.807, 2.05) is 26.0 Å². The predicted molar refractivity (Wildman–Crippen MR) is 125 cm³/mol. The van der Waals surface area contributed by atoms with Gasteiger partial charge in [0.25, 0.3) is 5.91 Å². The van der Waals surface area contributed by atoms with Crippen LogP contribution in [0.5, 0.6) is 0 Å². The Morgan fingerprint density at radius 1 is 1.12 bits per heavy atom. The highest BCUT2D eigenvalue weighted by molar-refractivity contribution is 6.04. The first-order valence-corrected chi connectivity index (χ1v) is 10.4. The molecule has 2 heterocycles. The van der Waals surface area contributed by atoms with Crippen molar-refractivity contribution in [3.63, 3.8) is 0 Å². The molecule has 0 aliphatic rings. The van der Waals surface area contributed by atoms with Crippen molar-refractivity contribution in [3.8, 4) is 0 Å². The van der Waals surface area contributed by atoms with E-state index in [0.29, 0.717) is 29.2 Å². The van der Waals surface area contributed by atoms with Crippen LogP contribution < -0.4 is 10.6 Å². The summed E-state index contributed by atoms with van der Waals surface area (Å²) in [4.78, 5) is 25.4. The average Bonchev–Trinajstić information content (AvgIpc) is 3.23. The summed E-state index contributed by atoms with van der Waals surface area (Å²) < 4.78 is 40.6. The van der Waals surface area contributed by atoms with E-state index in [0.717, 1.165) is 23.3 Å². The lowest BCUT2D eigenvalue weighted by Crippen LogP contribution is -2.14. The summed E-state index contributed by atoms with van der Waals surface area (Å²) in [6.45, 7) is 4.58. The number of halogens is 3. The fraction of sp³-hybridized carbons (Fsp3) is 0.167. The fourth-order valence-corrected chi connectivity index (χ4v) is 3.36. The van der Waals surface area contributed by atoms with Gasteiger partial charge in [-0.3, -0.25) is 9.36 Å². The maximum absolute atomic E-state index is 13.0. The quantitative estimate of drug-likeness (QED) is 0.394. The smallest absolute Gasteiger partial charge is 0.368 e. The first-order valence-electron chi connectivity index (χ1n) is 10.4. The summed E-state index contributed by atoms with van der Waals surface area (Å²) in [5.74, 6) is 0.0215. The van der Waals surface area contributed by atoms with Crippen LogP contribution in [0.2, 0.25) is 0 Å². The van der Waals surface area contributed by atoms with Crippen molar-refractivity contribution in [3.05, 3.63) is 77.4 Å². The van der Waals surface area contributed by atoms with Crippen molar-refractivity contribution < 1.29 is 18.0 Å². The van der Waals surface area contributed by atoms with Gasteiger partial charge in [-0.1, -0.05) is 12.1 Å². The monoisotopic (exact) mass is 466 g/mol. The van der Waals surface area contributed by atoms with Gasteiger partial charge >= 0.3 is 6.18 Å². The van der Waals surface area contributed by atoms with Gasteiger partial charge < -0.3 is 10.6 Å². The van der Waals surface area contributed by atoms with Gasteiger partial charge in [0.15, 0.2) is 17.0 Å². The number of nitrogens with zero attached hydrogens (tertiary/aromatic N) is 4. The molecule has 0 spiro atoms. The Kier molecular flexibility index (Phi) is 6.31. The van der Waals surface area contributed by atoms with Crippen molar-refractivity contribution in [1.82, 2.24) is 19.5 Å². The van der Waals surface area contributed by atoms with Crippen molar-refractivity contribution in [1.29, 1.82) is 0 Å². The molecule has 4 aromatic rings. The van der Waals surface area contributed by atoms with Gasteiger partial charge in [0, 0.05) is 24.0 Å². The Morgan fingerprint density at radius 3 is 2.71 bits per heavy atom. The maximum Gasteiger partial charge on any atom is 0.416 e. The number of alkyl halides is 3. The molecule has 0 unspecified atom stereocenters. The second-order valence-corrected chi connectivity index (χ2v) is 7.50. The zero-order valence-electron chi connectivity index (χ0n) is 18.4. The van der Waals surface area contributed by atoms with Gasteiger partial charge in [-0.2, -0.15) is 13.2 Å². The number of benzene rings is 2. The highest BCUT2D eigenvalue weighted by Crippen LogP contribution is 2.30. The predicted octanol–water partition coefficient (Wildman–Crippen LogP) is 5.47. The van der Waals surface area contributed by atoms with Crippen LogP contribution in [0.3, 0.4) is 0 Å². The van der Waals surface area contributed by atoms with Gasteiger partial charge in [0.2, 0.25) is 0 Å². The number of fused-ring (bicyclic) bond motifs is 1. The molecule has 0 fully saturated rings. The molecular weight excluding hydrogens is 445 g/mol. The summed E-state index contributed by atoms with van der Waals surface area (Å²) in [5.41, 5.74) is 2.54. The van der Waals surface area contributed by atoms with Crippen LogP contribution in [0.1, 0.15) is 34.0 Å². The second kappa shape index (κ2) is 9.34. The SMILES string of the molecule is CCNc1ncnc2c1ncn2C=Cc1cc(NC(=O)c2cccc(C(F)(F)F)c2)ccc1C. The molecule has 2 N–H and O–H groups in total. The molecule has 0 aliphatic heterocycles. The van der Waals surface area contributed by atoms with Gasteiger partial charge in [0.1, 0.15) is 12.7 Å². The van der Waals surface area contributed by atoms with E-state index in [1.165, 1.54) is 18.5 Å². The lowest BCUT2D eigenvalue weighted by molar-refractivity contribution is -0.137. The van der Waals surface area contributed by atoms with Gasteiger partial charge in [-0.05, 0) is 61.4 Å². The summed E-state index contributed by atoms with van der Waals surface area (Å²) in [7, 11) is 0. The van der Waals surface area contributed by atoms with Crippen LogP contribution >= 0.6 is 0 Å². The largest absolute Gasteiger partial charge is 0.416 e. The lowest BCUT2D eigenvalue weighted by atomic mass is 10.1. The van der Waals surface area contributed by atoms with Crippen LogP contribution in [0, 0.1) is 6.92 Å². The minimum absolute atomic E-state index is 0.0754. The van der Waals surface area contributed by atoms with E-state index in [9.17, 15) is 18.0 Å². The van der Waals surface area contributed by atoms with E-state index in [2.05, 4.69) is 25.6 Å². The zero-order chi connectivity index (χ0) is 24.3. The highest BCUT2D eigenvalue weighted by atomic mass is 19.4. The number of nitrogens with one attached hydrogen (secondary N) is 2. The van der Waals surface area contributed by atoms with Crippen LogP contribution in [-0.2, 0) is 6.18 Å². The molecule has 0 saturated carbocycles. The topological polar surface area (TPSA) is 84.7 Å². The van der Waals surface area contributed by atoms with Gasteiger partial charge in [-0.25, -0.2) is 15.0 Å². The van der Waals surface area contributed by atoms with Gasteiger partial charge in [-0.15, -0.1) is 0 Å². The van der Waals surface area contributed by atoms with E-state index < -0.39 is 17.6 Å². The molecule has 0 atom stereocenters. The van der Waals surface area contributed by atoms with Crippen molar-refractivity contribution in [2.24, 2.45) is 0 Å². The number of carbonyl (C=O) groups excluding carboxylic acids is 1. The van der Waals surface area contributed by atoms with Crippen molar-refractivity contribution in [2.75, 3.05) is 17.2 Å². The molecule has 0 aliphatic carbocycles. The summed E-state index contributed by atoms with van der Waals surface area (Å²) in [6.07, 6.45) is 2.20. The standard InChI is InChI=1S/C24H21F3N6O/c1-3-28-21-20-22(30-13-29-21)33(14-31-20)10-9-16-12-19(8-7-15(16)2)32-23(34)17-5-4-6-18(11-17)24(25,26)27/h4-14H,3H2,1-2H3,(H,32,34)(H,28,29,30). The number of carbonyl (C=O) groups is 1. The normalized spacial score (nSPS) is 11.8. The maximum atomic E-state index is 13.0. The number of hydrogen-bond donors (Lipinski definition) is 2. The Balaban J connectivity index is 1.56. The fourth-order valence-electron chi connectivity index (χ4n) is 3.36. The third-order valence-electron chi connectivity index (χ3n) is 5.11. The van der Waals surface area contributed by atoms with E-state index in [1.54, 1.807) is 29.2 Å². The Hall–Kier alpha value is -4.21. The molecule has 2 aromatic carbocycles. The highest BCUT2D eigenvalue weighted by Gasteiger charge is 2.30. The van der Waals surface area contributed by atoms with Crippen LogP contribution in [0.15, 0.2) is 55.1 Å². The number of aryl methyl sites for hydroxylation is 1. The van der Waals surface area contributed by atoms with Gasteiger partial charge in [0.05, 0.1) is 5.56 Å². The van der Waals surface area contributed by atoms with Crippen molar-refractivity contribution >= 4 is 40.9 Å². The summed E-state index contributed by atoms with van der Waals surface area (Å²) >= 11 is 0. The van der Waals surface area contributed by atoms with E-state index >= 15 is 0 Å². The first kappa shape index (κ1) is 23.0. The minimum atomic E-state index is -4.52. The third kappa shape index (κ3) is 4.90. The van der Waals surface area contributed by atoms with E-state index in [-0.39, 0.29) is 5.56 Å². The Bertz CT molecular complexity index is 1380. The number of hydrogen-bond acceptors (Lipinski definition) is 5. The molecule has 10 heteroatoms. The molecular formula is C24H21F3N6O. The Morgan fingerprint density at radius 2 is 1.94 bits per heavy atom. The number of aromatic nitrogens is 4. The average molecular weight is 466 g/mol. The molecule has 0 bridgehead atoms. The number of amides is 1. The minimum Gasteiger partial charge on any atom is -0.368 e. The van der Waals surface area contributed by atoms with Crippen molar-refractivity contribution in [2.45, 2.75) is 20.0 Å². The van der Waals surface area contributed by atoms with Crippen LogP contribution in [-0.4, -0.2) is 32.0 Å². The lowest BCUT2D eigenvalue weighted by Gasteiger charge is -2.10. The molecule has 174 valence electrons. The number of anilines is 2. The summed E-state index contributed by atoms with van der Waals surface area (Å²) in [5, 5.41) is 5.80. The number of imidazole rings is 1. The molecule has 0 radical (unpaired) electrons. The molecule has 2 aromatic heterocycles. The second-order valence-electron chi connectivity index (χ2n) is 7.50. The molecule has 4 rings (SSSR count). The third-order valence-corrected chi connectivity index (χ3v) is 5.11. The van der Waals surface area contributed by atoms with Crippen LogP contribution in [0.4, 0.5) is 24.7 Å². The molecule has 34 heavy (non-hydrogen) atoms.